The number of amides is 1. The summed E-state index contributed by atoms with van der Waals surface area (Å²) in [5.74, 6) is -2.40. The second kappa shape index (κ2) is 6.96. The maximum Gasteiger partial charge on any atom is 0.251 e. The molecular formula is C12H15F2NO2. The molecule has 0 spiro atoms. The minimum atomic E-state index is -1.02. The van der Waals surface area contributed by atoms with E-state index < -0.39 is 17.5 Å². The summed E-state index contributed by atoms with van der Waals surface area (Å²) < 4.78 is 30.6. The Labute approximate surface area is 98.8 Å². The van der Waals surface area contributed by atoms with Crippen molar-refractivity contribution in [2.24, 2.45) is 0 Å². The van der Waals surface area contributed by atoms with Crippen LogP contribution in [0.2, 0.25) is 0 Å². The van der Waals surface area contributed by atoms with Crippen molar-refractivity contribution in [3.05, 3.63) is 35.4 Å². The van der Waals surface area contributed by atoms with Gasteiger partial charge in [0, 0.05) is 25.3 Å². The molecule has 0 atom stereocenters. The number of benzene rings is 1. The summed E-state index contributed by atoms with van der Waals surface area (Å²) in [5, 5.41) is 2.60. The molecule has 1 aromatic carbocycles. The van der Waals surface area contributed by atoms with Crippen LogP contribution in [0.25, 0.3) is 0 Å². The van der Waals surface area contributed by atoms with Crippen LogP contribution in [0.15, 0.2) is 18.2 Å². The van der Waals surface area contributed by atoms with Crippen molar-refractivity contribution in [2.75, 3.05) is 19.8 Å². The molecule has 94 valence electrons. The van der Waals surface area contributed by atoms with Gasteiger partial charge in [-0.15, -0.1) is 0 Å². The number of carbonyl (C=O) groups excluding carboxylic acids is 1. The fourth-order valence-corrected chi connectivity index (χ4v) is 1.26. The Bertz CT molecular complexity index is 383. The molecule has 1 N–H and O–H groups in total. The van der Waals surface area contributed by atoms with Gasteiger partial charge < -0.3 is 10.1 Å². The van der Waals surface area contributed by atoms with Gasteiger partial charge >= 0.3 is 0 Å². The molecule has 17 heavy (non-hydrogen) atoms. The van der Waals surface area contributed by atoms with Gasteiger partial charge in [-0.1, -0.05) is 0 Å². The highest BCUT2D eigenvalue weighted by Crippen LogP contribution is 2.08. The van der Waals surface area contributed by atoms with Crippen LogP contribution < -0.4 is 5.32 Å². The van der Waals surface area contributed by atoms with Crippen molar-refractivity contribution < 1.29 is 18.3 Å². The molecule has 1 aromatic rings. The third-order valence-electron chi connectivity index (χ3n) is 2.14. The van der Waals surface area contributed by atoms with Gasteiger partial charge in [0.2, 0.25) is 0 Å². The van der Waals surface area contributed by atoms with E-state index in [1.54, 1.807) is 0 Å². The third kappa shape index (κ3) is 4.48. The molecule has 1 amide bonds. The maximum atomic E-state index is 12.9. The predicted molar refractivity (Wildman–Crippen MR) is 59.8 cm³/mol. The van der Waals surface area contributed by atoms with Gasteiger partial charge in [0.05, 0.1) is 0 Å². The van der Waals surface area contributed by atoms with E-state index in [-0.39, 0.29) is 5.56 Å². The molecule has 0 aliphatic rings. The first-order valence-electron chi connectivity index (χ1n) is 5.46. The van der Waals surface area contributed by atoms with E-state index >= 15 is 0 Å². The molecule has 0 heterocycles. The summed E-state index contributed by atoms with van der Waals surface area (Å²) in [4.78, 5) is 11.5. The summed E-state index contributed by atoms with van der Waals surface area (Å²) in [6, 6.07) is 3.06. The van der Waals surface area contributed by atoms with Crippen molar-refractivity contribution in [1.82, 2.24) is 5.32 Å². The molecule has 0 unspecified atom stereocenters. The molecule has 0 fully saturated rings. The second-order valence-corrected chi connectivity index (χ2v) is 3.44. The normalized spacial score (nSPS) is 10.3. The van der Waals surface area contributed by atoms with Gasteiger partial charge in [-0.3, -0.25) is 4.79 Å². The lowest BCUT2D eigenvalue weighted by molar-refractivity contribution is 0.0943. The Hall–Kier alpha value is -1.49. The summed E-state index contributed by atoms with van der Waals surface area (Å²) in [5.41, 5.74) is 0.111. The molecule has 3 nitrogen and oxygen atoms in total. The zero-order valence-electron chi connectivity index (χ0n) is 9.63. The first kappa shape index (κ1) is 13.6. The van der Waals surface area contributed by atoms with E-state index in [1.807, 2.05) is 6.92 Å². The van der Waals surface area contributed by atoms with Gasteiger partial charge in [-0.25, -0.2) is 8.78 Å². The highest BCUT2D eigenvalue weighted by atomic mass is 19.2. The predicted octanol–water partition coefficient (Wildman–Crippen LogP) is 2.12. The number of hydrogen-bond acceptors (Lipinski definition) is 2. The average Bonchev–Trinajstić information content (AvgIpc) is 2.32. The number of carbonyl (C=O) groups is 1. The molecule has 0 radical (unpaired) electrons. The first-order chi connectivity index (χ1) is 8.15. The van der Waals surface area contributed by atoms with Crippen LogP contribution >= 0.6 is 0 Å². The van der Waals surface area contributed by atoms with Gasteiger partial charge in [-0.05, 0) is 31.5 Å². The lowest BCUT2D eigenvalue weighted by Gasteiger charge is -2.05. The maximum absolute atomic E-state index is 12.9. The average molecular weight is 243 g/mol. The van der Waals surface area contributed by atoms with Crippen molar-refractivity contribution in [3.8, 4) is 0 Å². The summed E-state index contributed by atoms with van der Waals surface area (Å²) >= 11 is 0. The van der Waals surface area contributed by atoms with Crippen LogP contribution in [0.4, 0.5) is 8.78 Å². The molecule has 0 aliphatic carbocycles. The Kier molecular flexibility index (Phi) is 5.56. The quantitative estimate of drug-likeness (QED) is 0.777. The Morgan fingerprint density at radius 2 is 2.12 bits per heavy atom. The molecule has 0 bridgehead atoms. The molecule has 5 heteroatoms. The zero-order valence-corrected chi connectivity index (χ0v) is 9.63. The second-order valence-electron chi connectivity index (χ2n) is 3.44. The lowest BCUT2D eigenvalue weighted by Crippen LogP contribution is -2.25. The Balaban J connectivity index is 2.39. The highest BCUT2D eigenvalue weighted by molar-refractivity contribution is 5.94. The Morgan fingerprint density at radius 1 is 1.35 bits per heavy atom. The minimum Gasteiger partial charge on any atom is -0.382 e. The van der Waals surface area contributed by atoms with Crippen molar-refractivity contribution in [1.29, 1.82) is 0 Å². The van der Waals surface area contributed by atoms with E-state index in [0.29, 0.717) is 26.2 Å². The van der Waals surface area contributed by atoms with Crippen molar-refractivity contribution in [2.45, 2.75) is 13.3 Å². The smallest absolute Gasteiger partial charge is 0.251 e. The zero-order chi connectivity index (χ0) is 12.7. The third-order valence-corrected chi connectivity index (χ3v) is 2.14. The molecule has 1 rings (SSSR count). The number of ether oxygens (including phenoxy) is 1. The molecule has 0 aromatic heterocycles. The van der Waals surface area contributed by atoms with Crippen LogP contribution in [0.3, 0.4) is 0 Å². The first-order valence-corrected chi connectivity index (χ1v) is 5.46. The van der Waals surface area contributed by atoms with Gasteiger partial charge in [0.15, 0.2) is 11.6 Å². The number of rotatable bonds is 6. The minimum absolute atomic E-state index is 0.111. The van der Waals surface area contributed by atoms with Crippen LogP contribution in [0.5, 0.6) is 0 Å². The fraction of sp³-hybridized carbons (Fsp3) is 0.417. The highest BCUT2D eigenvalue weighted by Gasteiger charge is 2.08. The Morgan fingerprint density at radius 3 is 2.76 bits per heavy atom. The van der Waals surface area contributed by atoms with Crippen LogP contribution in [0.1, 0.15) is 23.7 Å². The summed E-state index contributed by atoms with van der Waals surface area (Å²) in [6.07, 6.45) is 0.684. The number of halogens is 2. The van der Waals surface area contributed by atoms with Crippen LogP contribution in [-0.4, -0.2) is 25.7 Å². The van der Waals surface area contributed by atoms with E-state index in [0.717, 1.165) is 12.1 Å². The van der Waals surface area contributed by atoms with E-state index in [4.69, 9.17) is 4.74 Å². The molecular weight excluding hydrogens is 228 g/mol. The lowest BCUT2D eigenvalue weighted by atomic mass is 10.2. The summed E-state index contributed by atoms with van der Waals surface area (Å²) in [7, 11) is 0. The molecule has 0 saturated carbocycles. The van der Waals surface area contributed by atoms with Gasteiger partial charge in [0.25, 0.3) is 5.91 Å². The largest absolute Gasteiger partial charge is 0.382 e. The summed E-state index contributed by atoms with van der Waals surface area (Å²) in [6.45, 7) is 3.53. The monoisotopic (exact) mass is 243 g/mol. The number of hydrogen-bond donors (Lipinski definition) is 1. The fourth-order valence-electron chi connectivity index (χ4n) is 1.26. The molecule has 0 aliphatic heterocycles. The topological polar surface area (TPSA) is 38.3 Å². The standard InChI is InChI=1S/C12H15F2NO2/c1-2-17-7-3-6-15-12(16)9-4-5-10(13)11(14)8-9/h4-5,8H,2-3,6-7H2,1H3,(H,15,16). The van der Waals surface area contributed by atoms with Crippen molar-refractivity contribution >= 4 is 5.91 Å². The van der Waals surface area contributed by atoms with Crippen LogP contribution in [-0.2, 0) is 4.74 Å². The van der Waals surface area contributed by atoms with Crippen LogP contribution in [0, 0.1) is 11.6 Å². The van der Waals surface area contributed by atoms with E-state index in [9.17, 15) is 13.6 Å². The SMILES string of the molecule is CCOCCCNC(=O)c1ccc(F)c(F)c1. The van der Waals surface area contributed by atoms with Crippen molar-refractivity contribution in [3.63, 3.8) is 0 Å². The number of nitrogens with one attached hydrogen (secondary N) is 1. The van der Waals surface area contributed by atoms with Gasteiger partial charge in [-0.2, -0.15) is 0 Å². The van der Waals surface area contributed by atoms with Gasteiger partial charge in [0.1, 0.15) is 0 Å². The molecule has 0 saturated heterocycles. The van der Waals surface area contributed by atoms with E-state index in [2.05, 4.69) is 5.32 Å². The van der Waals surface area contributed by atoms with E-state index in [1.165, 1.54) is 6.07 Å².